The van der Waals surface area contributed by atoms with E-state index < -0.39 is 10.7 Å². The van der Waals surface area contributed by atoms with Crippen molar-refractivity contribution in [2.45, 2.75) is 13.5 Å². The second-order valence-corrected chi connectivity index (χ2v) is 4.62. The molecule has 0 saturated carbocycles. The van der Waals surface area contributed by atoms with Crippen LogP contribution in [0.15, 0.2) is 18.5 Å². The van der Waals surface area contributed by atoms with E-state index in [1.807, 2.05) is 6.92 Å². The van der Waals surface area contributed by atoms with Gasteiger partial charge in [-0.25, -0.2) is 0 Å². The SMILES string of the molecule is CCn1cc(Cl)c(/C=C/C(=O)c2nn(C)cc2[N+](=O)[O-])n1. The van der Waals surface area contributed by atoms with E-state index in [0.717, 1.165) is 0 Å². The third-order valence-electron chi connectivity index (χ3n) is 2.70. The number of aryl methyl sites for hydroxylation is 2. The highest BCUT2D eigenvalue weighted by atomic mass is 35.5. The van der Waals surface area contributed by atoms with Gasteiger partial charge in [0, 0.05) is 19.8 Å². The normalized spacial score (nSPS) is 11.2. The van der Waals surface area contributed by atoms with Crippen molar-refractivity contribution >= 4 is 29.1 Å². The number of carbonyl (C=O) groups excluding carboxylic acids is 1. The van der Waals surface area contributed by atoms with E-state index in [2.05, 4.69) is 10.2 Å². The zero-order valence-electron chi connectivity index (χ0n) is 11.4. The lowest BCUT2D eigenvalue weighted by molar-refractivity contribution is -0.385. The van der Waals surface area contributed by atoms with Gasteiger partial charge in [-0.2, -0.15) is 10.2 Å². The predicted octanol–water partition coefficient (Wildman–Crippen LogP) is 2.09. The standard InChI is InChI=1S/C12H12ClN5O3/c1-3-17-6-8(13)9(14-17)4-5-11(19)12-10(18(20)21)7-16(2)15-12/h4-7H,3H2,1-2H3/b5-4+. The summed E-state index contributed by atoms with van der Waals surface area (Å²) in [5.41, 5.74) is -0.132. The fourth-order valence-corrected chi connectivity index (χ4v) is 1.92. The van der Waals surface area contributed by atoms with Gasteiger partial charge in [0.15, 0.2) is 0 Å². The maximum absolute atomic E-state index is 12.0. The van der Waals surface area contributed by atoms with Crippen molar-refractivity contribution in [3.63, 3.8) is 0 Å². The monoisotopic (exact) mass is 309 g/mol. The number of nitrogens with zero attached hydrogens (tertiary/aromatic N) is 5. The van der Waals surface area contributed by atoms with Gasteiger partial charge in [-0.15, -0.1) is 0 Å². The molecule has 0 N–H and O–H groups in total. The fraction of sp³-hybridized carbons (Fsp3) is 0.250. The first-order chi connectivity index (χ1) is 9.92. The highest BCUT2D eigenvalue weighted by molar-refractivity contribution is 6.31. The van der Waals surface area contributed by atoms with E-state index in [1.54, 1.807) is 10.9 Å². The van der Waals surface area contributed by atoms with Gasteiger partial charge in [-0.1, -0.05) is 11.6 Å². The number of rotatable bonds is 5. The largest absolute Gasteiger partial charge is 0.318 e. The Balaban J connectivity index is 2.27. The molecular weight excluding hydrogens is 298 g/mol. The molecule has 0 saturated heterocycles. The number of hydrogen-bond donors (Lipinski definition) is 0. The minimum atomic E-state index is -0.646. The van der Waals surface area contributed by atoms with Crippen molar-refractivity contribution in [3.8, 4) is 0 Å². The number of hydrogen-bond acceptors (Lipinski definition) is 5. The van der Waals surface area contributed by atoms with Gasteiger partial charge in [-0.3, -0.25) is 24.3 Å². The Morgan fingerprint density at radius 1 is 1.48 bits per heavy atom. The molecule has 0 aliphatic rings. The molecule has 0 atom stereocenters. The van der Waals surface area contributed by atoms with Crippen LogP contribution in [0.2, 0.25) is 5.02 Å². The Morgan fingerprint density at radius 3 is 2.76 bits per heavy atom. The van der Waals surface area contributed by atoms with Gasteiger partial charge >= 0.3 is 5.69 Å². The minimum absolute atomic E-state index is 0.218. The Hall–Kier alpha value is -2.48. The number of aromatic nitrogens is 4. The molecule has 9 heteroatoms. The molecule has 8 nitrogen and oxygen atoms in total. The van der Waals surface area contributed by atoms with Gasteiger partial charge in [0.1, 0.15) is 11.9 Å². The van der Waals surface area contributed by atoms with Crippen LogP contribution in [0.5, 0.6) is 0 Å². The molecule has 0 spiro atoms. The van der Waals surface area contributed by atoms with E-state index in [4.69, 9.17) is 11.6 Å². The molecule has 0 unspecified atom stereocenters. The lowest BCUT2D eigenvalue weighted by atomic mass is 10.2. The molecule has 110 valence electrons. The maximum atomic E-state index is 12.0. The van der Waals surface area contributed by atoms with Crippen molar-refractivity contribution in [1.29, 1.82) is 0 Å². The molecule has 0 bridgehead atoms. The Morgan fingerprint density at radius 2 is 2.19 bits per heavy atom. The van der Waals surface area contributed by atoms with Gasteiger partial charge in [-0.05, 0) is 19.1 Å². The molecule has 21 heavy (non-hydrogen) atoms. The van der Waals surface area contributed by atoms with Crippen molar-refractivity contribution in [3.05, 3.63) is 45.0 Å². The van der Waals surface area contributed by atoms with Crippen LogP contribution >= 0.6 is 11.6 Å². The summed E-state index contributed by atoms with van der Waals surface area (Å²) in [5.74, 6) is -0.579. The molecule has 2 aromatic rings. The third-order valence-corrected chi connectivity index (χ3v) is 2.99. The number of halogens is 1. The molecule has 2 heterocycles. The van der Waals surface area contributed by atoms with Crippen molar-refractivity contribution in [2.75, 3.05) is 0 Å². The summed E-state index contributed by atoms with van der Waals surface area (Å²) in [7, 11) is 1.51. The molecule has 0 aromatic carbocycles. The molecule has 0 aliphatic heterocycles. The van der Waals surface area contributed by atoms with E-state index in [0.29, 0.717) is 17.3 Å². The minimum Gasteiger partial charge on any atom is -0.287 e. The van der Waals surface area contributed by atoms with Crippen molar-refractivity contribution in [1.82, 2.24) is 19.6 Å². The lowest BCUT2D eigenvalue weighted by Crippen LogP contribution is -2.01. The van der Waals surface area contributed by atoms with Crippen LogP contribution in [0.4, 0.5) is 5.69 Å². The molecule has 0 aliphatic carbocycles. The predicted molar refractivity (Wildman–Crippen MR) is 76.1 cm³/mol. The van der Waals surface area contributed by atoms with Gasteiger partial charge in [0.2, 0.25) is 11.5 Å². The van der Waals surface area contributed by atoms with E-state index in [9.17, 15) is 14.9 Å². The van der Waals surface area contributed by atoms with Crippen molar-refractivity contribution in [2.24, 2.45) is 7.05 Å². The molecule has 0 radical (unpaired) electrons. The summed E-state index contributed by atoms with van der Waals surface area (Å²) in [6, 6.07) is 0. The molecule has 2 rings (SSSR count). The molecule has 0 amide bonds. The van der Waals surface area contributed by atoms with Crippen LogP contribution in [0.25, 0.3) is 6.08 Å². The summed E-state index contributed by atoms with van der Waals surface area (Å²) in [6.07, 6.45) is 5.40. The average molecular weight is 310 g/mol. The topological polar surface area (TPSA) is 95.8 Å². The number of allylic oxidation sites excluding steroid dienone is 1. The summed E-state index contributed by atoms with van der Waals surface area (Å²) in [6.45, 7) is 2.55. The quantitative estimate of drug-likeness (QED) is 0.365. The lowest BCUT2D eigenvalue weighted by Gasteiger charge is -1.91. The van der Waals surface area contributed by atoms with Crippen LogP contribution in [0.1, 0.15) is 23.1 Å². The molecule has 0 fully saturated rings. The first kappa shape index (κ1) is 14.9. The average Bonchev–Trinajstić information content (AvgIpc) is 2.99. The highest BCUT2D eigenvalue weighted by Crippen LogP contribution is 2.19. The first-order valence-corrected chi connectivity index (χ1v) is 6.43. The summed E-state index contributed by atoms with van der Waals surface area (Å²) in [5, 5.41) is 19.2. The van der Waals surface area contributed by atoms with E-state index >= 15 is 0 Å². The smallest absolute Gasteiger partial charge is 0.287 e. The van der Waals surface area contributed by atoms with Gasteiger partial charge < -0.3 is 0 Å². The Labute approximate surface area is 124 Å². The van der Waals surface area contributed by atoms with Gasteiger partial charge in [0.25, 0.3) is 0 Å². The number of ketones is 1. The maximum Gasteiger partial charge on any atom is 0.318 e. The zero-order valence-corrected chi connectivity index (χ0v) is 12.1. The van der Waals surface area contributed by atoms with Crippen LogP contribution in [0.3, 0.4) is 0 Å². The number of carbonyl (C=O) groups is 1. The summed E-state index contributed by atoms with van der Waals surface area (Å²) in [4.78, 5) is 22.2. The second-order valence-electron chi connectivity index (χ2n) is 4.21. The van der Waals surface area contributed by atoms with Crippen LogP contribution in [-0.4, -0.2) is 30.3 Å². The molecular formula is C12H12ClN5O3. The highest BCUT2D eigenvalue weighted by Gasteiger charge is 2.23. The number of nitro groups is 1. The van der Waals surface area contributed by atoms with Crippen LogP contribution in [-0.2, 0) is 13.6 Å². The summed E-state index contributed by atoms with van der Waals surface area (Å²) >= 11 is 5.97. The first-order valence-electron chi connectivity index (χ1n) is 6.05. The Kier molecular flexibility index (Phi) is 4.18. The third kappa shape index (κ3) is 3.16. The van der Waals surface area contributed by atoms with Crippen LogP contribution in [0, 0.1) is 10.1 Å². The van der Waals surface area contributed by atoms with Crippen LogP contribution < -0.4 is 0 Å². The van der Waals surface area contributed by atoms with Gasteiger partial charge in [0.05, 0.1) is 9.95 Å². The van der Waals surface area contributed by atoms with Crippen molar-refractivity contribution < 1.29 is 9.72 Å². The summed E-state index contributed by atoms with van der Waals surface area (Å²) < 4.78 is 2.84. The van der Waals surface area contributed by atoms with E-state index in [-0.39, 0.29) is 11.4 Å². The van der Waals surface area contributed by atoms with E-state index in [1.165, 1.54) is 30.1 Å². The molecule has 2 aromatic heterocycles. The Bertz CT molecular complexity index is 731. The fourth-order valence-electron chi connectivity index (χ4n) is 1.71. The zero-order chi connectivity index (χ0) is 15.6. The second kappa shape index (κ2) is 5.88.